The Labute approximate surface area is 140 Å². The third-order valence-electron chi connectivity index (χ3n) is 3.98. The van der Waals surface area contributed by atoms with Gasteiger partial charge in [-0.3, -0.25) is 14.8 Å². The molecule has 126 valence electrons. The highest BCUT2D eigenvalue weighted by molar-refractivity contribution is 5.93. The second-order valence-corrected chi connectivity index (χ2v) is 5.66. The molecule has 0 spiro atoms. The molecule has 1 saturated heterocycles. The van der Waals surface area contributed by atoms with E-state index in [2.05, 4.69) is 20.6 Å². The molecule has 1 aliphatic heterocycles. The van der Waals surface area contributed by atoms with E-state index < -0.39 is 12.2 Å². The first-order chi connectivity index (χ1) is 11.7. The van der Waals surface area contributed by atoms with E-state index in [0.717, 1.165) is 5.56 Å². The van der Waals surface area contributed by atoms with E-state index in [4.69, 9.17) is 4.74 Å². The number of ether oxygens (including phenoxy) is 1. The summed E-state index contributed by atoms with van der Waals surface area (Å²) in [6.07, 6.45) is 5.52. The Hall–Kier alpha value is -2.35. The number of nitrogens with zero attached hydrogens (tertiary/aromatic N) is 2. The third kappa shape index (κ3) is 4.14. The van der Waals surface area contributed by atoms with Gasteiger partial charge in [0.15, 0.2) is 0 Å². The number of aliphatic hydroxyl groups excluding tert-OH is 1. The summed E-state index contributed by atoms with van der Waals surface area (Å²) in [5.41, 5.74) is 1.57. The van der Waals surface area contributed by atoms with Crippen LogP contribution in [0.1, 0.15) is 15.9 Å². The van der Waals surface area contributed by atoms with Crippen molar-refractivity contribution in [1.82, 2.24) is 20.6 Å². The summed E-state index contributed by atoms with van der Waals surface area (Å²) in [5.74, 6) is -0.208. The summed E-state index contributed by atoms with van der Waals surface area (Å²) >= 11 is 0. The van der Waals surface area contributed by atoms with Crippen LogP contribution in [0.4, 0.5) is 0 Å². The Morgan fingerprint density at radius 1 is 1.25 bits per heavy atom. The number of aromatic nitrogens is 2. The molecule has 0 unspecified atom stereocenters. The quantitative estimate of drug-likeness (QED) is 0.697. The van der Waals surface area contributed by atoms with Crippen LogP contribution in [0.25, 0.3) is 0 Å². The smallest absolute Gasteiger partial charge is 0.251 e. The fraction of sp³-hybridized carbons (Fsp3) is 0.353. The molecule has 1 fully saturated rings. The van der Waals surface area contributed by atoms with E-state index >= 15 is 0 Å². The van der Waals surface area contributed by atoms with E-state index in [-0.39, 0.29) is 18.5 Å². The predicted molar refractivity (Wildman–Crippen MR) is 87.2 cm³/mol. The van der Waals surface area contributed by atoms with E-state index in [9.17, 15) is 9.90 Å². The molecule has 3 N–H and O–H groups in total. The second-order valence-electron chi connectivity index (χ2n) is 5.66. The van der Waals surface area contributed by atoms with Gasteiger partial charge in [0.1, 0.15) is 6.10 Å². The number of rotatable bonds is 6. The summed E-state index contributed by atoms with van der Waals surface area (Å²) in [6.45, 7) is 1.26. The van der Waals surface area contributed by atoms with Crippen LogP contribution in [0, 0.1) is 0 Å². The van der Waals surface area contributed by atoms with Crippen LogP contribution in [0.2, 0.25) is 0 Å². The van der Waals surface area contributed by atoms with Crippen LogP contribution in [0.5, 0.6) is 0 Å². The molecule has 0 bridgehead atoms. The molecule has 7 heteroatoms. The molecule has 7 nitrogen and oxygen atoms in total. The van der Waals surface area contributed by atoms with Gasteiger partial charge in [-0.1, -0.05) is 6.07 Å². The van der Waals surface area contributed by atoms with Crippen LogP contribution in [0.3, 0.4) is 0 Å². The van der Waals surface area contributed by atoms with Gasteiger partial charge in [-0.05, 0) is 23.8 Å². The molecular weight excluding hydrogens is 308 g/mol. The van der Waals surface area contributed by atoms with E-state index in [1.54, 1.807) is 36.9 Å². The largest absolute Gasteiger partial charge is 0.389 e. The number of hydrogen-bond acceptors (Lipinski definition) is 6. The molecule has 0 saturated carbocycles. The summed E-state index contributed by atoms with van der Waals surface area (Å²) < 4.78 is 5.60. The number of aliphatic hydroxyl groups is 1. The average Bonchev–Trinajstić information content (AvgIpc) is 2.99. The number of amides is 1. The molecule has 24 heavy (non-hydrogen) atoms. The molecule has 0 aromatic carbocycles. The minimum absolute atomic E-state index is 0.173. The Bertz CT molecular complexity index is 653. The standard InChI is InChI=1S/C17H20N4O3/c22-16-14(20-9-12-2-1-5-19-8-12)11-24-15(16)10-21-17(23)13-3-6-18-7-4-13/h1-8,14-16,20,22H,9-11H2,(H,21,23)/t14-,15-,16+/m1/s1. The molecule has 3 atom stereocenters. The van der Waals surface area contributed by atoms with Gasteiger partial charge in [0, 0.05) is 43.4 Å². The van der Waals surface area contributed by atoms with Crippen LogP contribution >= 0.6 is 0 Å². The first kappa shape index (κ1) is 16.5. The third-order valence-corrected chi connectivity index (χ3v) is 3.98. The Morgan fingerprint density at radius 3 is 2.83 bits per heavy atom. The topological polar surface area (TPSA) is 96.4 Å². The maximum atomic E-state index is 12.0. The molecule has 1 amide bonds. The minimum atomic E-state index is -0.681. The summed E-state index contributed by atoms with van der Waals surface area (Å²) in [6, 6.07) is 6.94. The van der Waals surface area contributed by atoms with Crippen molar-refractivity contribution in [2.24, 2.45) is 0 Å². The lowest BCUT2D eigenvalue weighted by atomic mass is 10.1. The van der Waals surface area contributed by atoms with Gasteiger partial charge in [0.2, 0.25) is 0 Å². The SMILES string of the molecule is O=C(NC[C@H]1OC[C@@H](NCc2cccnc2)[C@@H]1O)c1ccncc1. The van der Waals surface area contributed by atoms with Gasteiger partial charge in [-0.15, -0.1) is 0 Å². The first-order valence-electron chi connectivity index (χ1n) is 7.84. The normalized spacial score (nSPS) is 23.1. The average molecular weight is 328 g/mol. The van der Waals surface area contributed by atoms with Crippen molar-refractivity contribution in [3.8, 4) is 0 Å². The highest BCUT2D eigenvalue weighted by Gasteiger charge is 2.35. The number of carbonyl (C=O) groups excluding carboxylic acids is 1. The fourth-order valence-corrected chi connectivity index (χ4v) is 2.59. The van der Waals surface area contributed by atoms with Gasteiger partial charge in [-0.25, -0.2) is 0 Å². The molecule has 2 aromatic rings. The first-order valence-corrected chi connectivity index (χ1v) is 7.84. The lowest BCUT2D eigenvalue weighted by molar-refractivity contribution is 0.0398. The summed E-state index contributed by atoms with van der Waals surface area (Å²) in [5, 5.41) is 16.4. The van der Waals surface area contributed by atoms with E-state index in [0.29, 0.717) is 18.7 Å². The summed E-state index contributed by atoms with van der Waals surface area (Å²) in [4.78, 5) is 19.9. The predicted octanol–water partition coefficient (Wildman–Crippen LogP) is 0.125. The van der Waals surface area contributed by atoms with Gasteiger partial charge in [-0.2, -0.15) is 0 Å². The maximum absolute atomic E-state index is 12.0. The molecule has 3 rings (SSSR count). The van der Waals surface area contributed by atoms with E-state index in [1.807, 2.05) is 12.1 Å². The van der Waals surface area contributed by atoms with Gasteiger partial charge < -0.3 is 20.5 Å². The zero-order valence-electron chi connectivity index (χ0n) is 13.1. The fourth-order valence-electron chi connectivity index (χ4n) is 2.59. The number of hydrogen-bond donors (Lipinski definition) is 3. The van der Waals surface area contributed by atoms with E-state index in [1.165, 1.54) is 0 Å². The lowest BCUT2D eigenvalue weighted by Crippen LogP contribution is -2.44. The van der Waals surface area contributed by atoms with Crippen molar-refractivity contribution in [3.63, 3.8) is 0 Å². The zero-order chi connectivity index (χ0) is 16.8. The van der Waals surface area contributed by atoms with Crippen molar-refractivity contribution < 1.29 is 14.6 Å². The van der Waals surface area contributed by atoms with Gasteiger partial charge >= 0.3 is 0 Å². The maximum Gasteiger partial charge on any atom is 0.251 e. The highest BCUT2D eigenvalue weighted by Crippen LogP contribution is 2.14. The number of pyridine rings is 2. The molecule has 3 heterocycles. The lowest BCUT2D eigenvalue weighted by Gasteiger charge is -2.19. The van der Waals surface area contributed by atoms with Crippen LogP contribution in [0.15, 0.2) is 49.1 Å². The Kier molecular flexibility index (Phi) is 5.47. The van der Waals surface area contributed by atoms with Gasteiger partial charge in [0.05, 0.1) is 18.8 Å². The van der Waals surface area contributed by atoms with Crippen LogP contribution < -0.4 is 10.6 Å². The van der Waals surface area contributed by atoms with Gasteiger partial charge in [0.25, 0.3) is 5.91 Å². The zero-order valence-corrected chi connectivity index (χ0v) is 13.1. The Morgan fingerprint density at radius 2 is 2.08 bits per heavy atom. The molecule has 2 aromatic heterocycles. The Balaban J connectivity index is 1.46. The molecule has 1 aliphatic rings. The van der Waals surface area contributed by atoms with Crippen LogP contribution in [-0.2, 0) is 11.3 Å². The number of nitrogens with one attached hydrogen (secondary N) is 2. The molecule has 0 aliphatic carbocycles. The summed E-state index contributed by atoms with van der Waals surface area (Å²) in [7, 11) is 0. The number of carbonyl (C=O) groups is 1. The van der Waals surface area contributed by atoms with Crippen LogP contribution in [-0.4, -0.2) is 52.4 Å². The monoisotopic (exact) mass is 328 g/mol. The highest BCUT2D eigenvalue weighted by atomic mass is 16.5. The van der Waals surface area contributed by atoms with Crippen molar-refractivity contribution in [2.75, 3.05) is 13.2 Å². The van der Waals surface area contributed by atoms with Crippen molar-refractivity contribution >= 4 is 5.91 Å². The van der Waals surface area contributed by atoms with Crippen molar-refractivity contribution in [3.05, 3.63) is 60.2 Å². The molecular formula is C17H20N4O3. The minimum Gasteiger partial charge on any atom is -0.389 e. The second kappa shape index (κ2) is 7.96. The van der Waals surface area contributed by atoms with Crippen molar-refractivity contribution in [2.45, 2.75) is 24.8 Å². The molecule has 0 radical (unpaired) electrons. The van der Waals surface area contributed by atoms with Crippen molar-refractivity contribution in [1.29, 1.82) is 0 Å².